The lowest BCUT2D eigenvalue weighted by Crippen LogP contribution is -2.33. The third-order valence-electron chi connectivity index (χ3n) is 5.38. The zero-order valence-corrected chi connectivity index (χ0v) is 19.4. The van der Waals surface area contributed by atoms with Crippen molar-refractivity contribution in [2.45, 2.75) is 31.1 Å². The van der Waals surface area contributed by atoms with Gasteiger partial charge in [0.1, 0.15) is 24.6 Å². The minimum absolute atomic E-state index is 0.122. The summed E-state index contributed by atoms with van der Waals surface area (Å²) in [5.74, 6) is 0.709. The number of ether oxygens (including phenoxy) is 3. The molecule has 0 aliphatic carbocycles. The number of phenols is 1. The molecule has 6 N–H and O–H groups in total. The third-order valence-corrected chi connectivity index (χ3v) is 5.86. The van der Waals surface area contributed by atoms with Gasteiger partial charge in [-0.15, -0.1) is 0 Å². The number of aliphatic hydroxyl groups is 2. The summed E-state index contributed by atoms with van der Waals surface area (Å²) in [5.41, 5.74) is 1.33. The lowest BCUT2D eigenvalue weighted by Gasteiger charge is -2.16. The maximum atomic E-state index is 11.0. The van der Waals surface area contributed by atoms with E-state index in [4.69, 9.17) is 24.0 Å². The topological polar surface area (TPSA) is 211 Å². The minimum atomic E-state index is -4.79. The lowest BCUT2D eigenvalue weighted by molar-refractivity contribution is -0.0504. The first-order valence-electron chi connectivity index (χ1n) is 10.2. The van der Waals surface area contributed by atoms with Gasteiger partial charge in [-0.05, 0) is 17.7 Å². The van der Waals surface area contributed by atoms with Crippen LogP contribution in [0.15, 0.2) is 24.8 Å². The molecule has 35 heavy (non-hydrogen) atoms. The van der Waals surface area contributed by atoms with Crippen LogP contribution in [0.25, 0.3) is 11.2 Å². The van der Waals surface area contributed by atoms with Crippen molar-refractivity contribution in [2.75, 3.05) is 26.1 Å². The van der Waals surface area contributed by atoms with Crippen LogP contribution in [0.5, 0.6) is 17.2 Å². The Kier molecular flexibility index (Phi) is 7.10. The molecule has 0 spiro atoms. The van der Waals surface area contributed by atoms with Crippen LogP contribution >= 0.6 is 7.82 Å². The number of aromatic nitrogens is 4. The number of phosphoric acid groups is 1. The number of imidazole rings is 1. The number of methoxy groups -OCH3 is 2. The zero-order valence-electron chi connectivity index (χ0n) is 18.5. The zero-order chi connectivity index (χ0) is 25.3. The SMILES string of the molecule is COc1cc(CNc2ncnc3c2ncn3[C@@H]2O[C@H](COP(=O)(O)O)[C@@H](O)[C@H]2O)cc(OC)c1O. The fourth-order valence-electron chi connectivity index (χ4n) is 3.67. The van der Waals surface area contributed by atoms with Gasteiger partial charge in [-0.1, -0.05) is 0 Å². The molecule has 0 saturated carbocycles. The Bertz CT molecular complexity index is 1220. The van der Waals surface area contributed by atoms with Crippen LogP contribution in [0.4, 0.5) is 5.82 Å². The van der Waals surface area contributed by atoms with Crippen molar-refractivity contribution >= 4 is 24.8 Å². The van der Waals surface area contributed by atoms with Crippen LogP contribution in [-0.4, -0.2) is 83.8 Å². The first-order chi connectivity index (χ1) is 16.6. The molecule has 0 radical (unpaired) electrons. The summed E-state index contributed by atoms with van der Waals surface area (Å²) in [5, 5.41) is 33.9. The van der Waals surface area contributed by atoms with Crippen LogP contribution in [0, 0.1) is 0 Å². The number of nitrogens with zero attached hydrogens (tertiary/aromatic N) is 4. The first-order valence-corrected chi connectivity index (χ1v) is 11.7. The molecule has 190 valence electrons. The van der Waals surface area contributed by atoms with Crippen LogP contribution < -0.4 is 14.8 Å². The molecule has 1 saturated heterocycles. The highest BCUT2D eigenvalue weighted by atomic mass is 31.2. The van der Waals surface area contributed by atoms with Crippen molar-refractivity contribution in [2.24, 2.45) is 0 Å². The Morgan fingerprint density at radius 3 is 2.43 bits per heavy atom. The Hall–Kier alpha value is -3.04. The highest BCUT2D eigenvalue weighted by molar-refractivity contribution is 7.46. The van der Waals surface area contributed by atoms with E-state index in [0.29, 0.717) is 16.9 Å². The molecule has 2 aromatic heterocycles. The van der Waals surface area contributed by atoms with Gasteiger partial charge in [-0.3, -0.25) is 9.09 Å². The molecule has 0 bridgehead atoms. The van der Waals surface area contributed by atoms with E-state index in [1.54, 1.807) is 12.1 Å². The number of hydrogen-bond acceptors (Lipinski definition) is 12. The van der Waals surface area contributed by atoms with E-state index in [0.717, 1.165) is 0 Å². The molecule has 3 heterocycles. The summed E-state index contributed by atoms with van der Waals surface area (Å²) >= 11 is 0. The second-order valence-electron chi connectivity index (χ2n) is 7.58. The Labute approximate surface area is 198 Å². The highest BCUT2D eigenvalue weighted by Gasteiger charge is 2.45. The van der Waals surface area contributed by atoms with Gasteiger partial charge in [0.15, 0.2) is 34.7 Å². The van der Waals surface area contributed by atoms with Crippen molar-refractivity contribution in [1.82, 2.24) is 19.5 Å². The molecule has 3 aromatic rings. The van der Waals surface area contributed by atoms with Crippen LogP contribution in [0.3, 0.4) is 0 Å². The van der Waals surface area contributed by atoms with E-state index in [1.807, 2.05) is 0 Å². The normalized spacial score (nSPS) is 22.5. The Morgan fingerprint density at radius 2 is 1.80 bits per heavy atom. The second kappa shape index (κ2) is 9.91. The molecule has 0 amide bonds. The molecular formula is C19H24N5O10P. The lowest BCUT2D eigenvalue weighted by atomic mass is 10.1. The average molecular weight is 513 g/mol. The van der Waals surface area contributed by atoms with E-state index >= 15 is 0 Å². The number of phenolic OH excluding ortho intramolecular Hbond substituents is 1. The summed E-state index contributed by atoms with van der Waals surface area (Å²) < 4.78 is 32.6. The number of nitrogens with one attached hydrogen (secondary N) is 1. The molecule has 16 heteroatoms. The summed E-state index contributed by atoms with van der Waals surface area (Å²) in [6, 6.07) is 3.26. The number of benzene rings is 1. The van der Waals surface area contributed by atoms with Crippen molar-refractivity contribution in [3.05, 3.63) is 30.4 Å². The van der Waals surface area contributed by atoms with Crippen LogP contribution in [0.2, 0.25) is 0 Å². The average Bonchev–Trinajstić information content (AvgIpc) is 3.37. The van der Waals surface area contributed by atoms with Gasteiger partial charge in [0.2, 0.25) is 5.75 Å². The number of hydrogen-bond donors (Lipinski definition) is 6. The number of phosphoric ester groups is 1. The summed E-state index contributed by atoms with van der Waals surface area (Å²) in [6.45, 7) is -0.373. The molecule has 1 aliphatic rings. The predicted molar refractivity (Wildman–Crippen MR) is 118 cm³/mol. The Balaban J connectivity index is 1.55. The molecule has 1 aromatic carbocycles. The molecule has 1 aliphatic heterocycles. The van der Waals surface area contributed by atoms with E-state index in [9.17, 15) is 19.9 Å². The number of aliphatic hydroxyl groups excluding tert-OH is 2. The standard InChI is InChI=1S/C19H24N5O10P/c1-31-10-3-9(4-11(32-2)14(10)25)5-20-17-13-18(22-7-21-17)24(8-23-13)19-16(27)15(26)12(34-19)6-33-35(28,29)30/h3-4,7-8,12,15-16,19,25-27H,5-6H2,1-2H3,(H,20,21,22)(H2,28,29,30)/t12-,15-,16-,19-/m1/s1. The quantitative estimate of drug-likeness (QED) is 0.206. The van der Waals surface area contributed by atoms with E-state index in [1.165, 1.54) is 31.4 Å². The Morgan fingerprint density at radius 1 is 1.11 bits per heavy atom. The van der Waals surface area contributed by atoms with Crippen LogP contribution in [-0.2, 0) is 20.4 Å². The second-order valence-corrected chi connectivity index (χ2v) is 8.82. The van der Waals surface area contributed by atoms with Gasteiger partial charge in [-0.2, -0.15) is 0 Å². The molecule has 1 fully saturated rings. The van der Waals surface area contributed by atoms with Crippen molar-refractivity contribution in [1.29, 1.82) is 0 Å². The monoisotopic (exact) mass is 513 g/mol. The van der Waals surface area contributed by atoms with E-state index < -0.39 is 39.0 Å². The van der Waals surface area contributed by atoms with Gasteiger partial charge < -0.3 is 44.6 Å². The number of aromatic hydroxyl groups is 1. The molecular weight excluding hydrogens is 489 g/mol. The molecule has 4 rings (SSSR count). The van der Waals surface area contributed by atoms with Gasteiger partial charge in [0.05, 0.1) is 27.2 Å². The molecule has 15 nitrogen and oxygen atoms in total. The van der Waals surface area contributed by atoms with Gasteiger partial charge in [-0.25, -0.2) is 19.5 Å². The summed E-state index contributed by atoms with van der Waals surface area (Å²) in [4.78, 5) is 30.4. The predicted octanol–water partition coefficient (Wildman–Crippen LogP) is -0.110. The maximum Gasteiger partial charge on any atom is 0.469 e. The fourth-order valence-corrected chi connectivity index (χ4v) is 4.01. The van der Waals surface area contributed by atoms with Crippen molar-refractivity contribution < 1.29 is 48.4 Å². The minimum Gasteiger partial charge on any atom is -0.502 e. The fraction of sp³-hybridized carbons (Fsp3) is 0.421. The third kappa shape index (κ3) is 5.16. The van der Waals surface area contributed by atoms with Gasteiger partial charge in [0.25, 0.3) is 0 Å². The van der Waals surface area contributed by atoms with Gasteiger partial charge in [0, 0.05) is 6.54 Å². The molecule has 0 unspecified atom stereocenters. The smallest absolute Gasteiger partial charge is 0.469 e. The first kappa shape index (κ1) is 25.1. The van der Waals surface area contributed by atoms with Gasteiger partial charge >= 0.3 is 7.82 Å². The highest BCUT2D eigenvalue weighted by Crippen LogP contribution is 2.39. The number of anilines is 1. The van der Waals surface area contributed by atoms with Crippen molar-refractivity contribution in [3.8, 4) is 17.2 Å². The maximum absolute atomic E-state index is 11.0. The largest absolute Gasteiger partial charge is 0.502 e. The van der Waals surface area contributed by atoms with E-state index in [2.05, 4.69) is 24.8 Å². The van der Waals surface area contributed by atoms with E-state index in [-0.39, 0.29) is 29.4 Å². The van der Waals surface area contributed by atoms with Crippen LogP contribution in [0.1, 0.15) is 11.8 Å². The molecule has 4 atom stereocenters. The summed E-state index contributed by atoms with van der Waals surface area (Å²) in [7, 11) is -1.94. The van der Waals surface area contributed by atoms with Crippen molar-refractivity contribution in [3.63, 3.8) is 0 Å². The number of rotatable bonds is 9. The number of fused-ring (bicyclic) bond motifs is 1. The summed E-state index contributed by atoms with van der Waals surface area (Å²) in [6.07, 6.45) is -2.65.